The molecule has 3 aliphatic heterocycles. The van der Waals surface area contributed by atoms with Crippen molar-refractivity contribution in [2.45, 2.75) is 51.3 Å². The quantitative estimate of drug-likeness (QED) is 0.506. The van der Waals surface area contributed by atoms with Crippen LogP contribution in [0, 0.1) is 5.92 Å². The van der Waals surface area contributed by atoms with E-state index in [9.17, 15) is 4.79 Å². The molecule has 2 unspecified atom stereocenters. The number of hydrogen-bond acceptors (Lipinski definition) is 9. The van der Waals surface area contributed by atoms with E-state index in [-0.39, 0.29) is 18.2 Å². The number of piperazine rings is 1. The molecule has 35 heavy (non-hydrogen) atoms. The van der Waals surface area contributed by atoms with Crippen molar-refractivity contribution >= 4 is 34.5 Å². The lowest BCUT2D eigenvalue weighted by Gasteiger charge is -2.40. The van der Waals surface area contributed by atoms with Crippen molar-refractivity contribution in [3.63, 3.8) is 0 Å². The topological polar surface area (TPSA) is 90.2 Å². The minimum Gasteiger partial charge on any atom is -0.493 e. The van der Waals surface area contributed by atoms with Crippen LogP contribution in [0.3, 0.4) is 0 Å². The number of anilines is 1. The molecule has 9 nitrogen and oxygen atoms in total. The number of ether oxygens (including phenoxy) is 3. The van der Waals surface area contributed by atoms with E-state index < -0.39 is 5.60 Å². The molecule has 0 N–H and O–H groups in total. The molecule has 5 heterocycles. The summed E-state index contributed by atoms with van der Waals surface area (Å²) in [5, 5.41) is 2.82. The number of aromatic nitrogens is 2. The van der Waals surface area contributed by atoms with Crippen molar-refractivity contribution in [1.82, 2.24) is 14.9 Å². The Morgan fingerprint density at radius 1 is 1.20 bits per heavy atom. The Morgan fingerprint density at radius 3 is 2.60 bits per heavy atom. The second-order valence-electron chi connectivity index (χ2n) is 10.5. The molecule has 2 atom stereocenters. The molecule has 0 spiro atoms. The molecule has 10 heteroatoms. The molecular weight excluding hydrogens is 468 g/mol. The van der Waals surface area contributed by atoms with Crippen LogP contribution in [-0.4, -0.2) is 71.6 Å². The fourth-order valence-corrected chi connectivity index (χ4v) is 5.65. The van der Waals surface area contributed by atoms with Crippen LogP contribution >= 0.6 is 11.3 Å². The van der Waals surface area contributed by atoms with Crippen LogP contribution in [0.15, 0.2) is 28.1 Å². The number of fused-ring (bicyclic) bond motifs is 3. The summed E-state index contributed by atoms with van der Waals surface area (Å²) in [5.74, 6) is 1.18. The number of carbonyl (C=O) groups excluding carboxylic acids is 1. The van der Waals surface area contributed by atoms with E-state index in [0.717, 1.165) is 47.9 Å². The van der Waals surface area contributed by atoms with Gasteiger partial charge in [0.15, 0.2) is 5.58 Å². The third kappa shape index (κ3) is 4.45. The van der Waals surface area contributed by atoms with Gasteiger partial charge in [-0.3, -0.25) is 4.90 Å². The third-order valence-corrected chi connectivity index (χ3v) is 7.47. The van der Waals surface area contributed by atoms with Crippen molar-refractivity contribution in [1.29, 1.82) is 0 Å². The van der Waals surface area contributed by atoms with Gasteiger partial charge in [-0.2, -0.15) is 4.98 Å². The van der Waals surface area contributed by atoms with E-state index in [1.165, 1.54) is 0 Å². The molecular formula is C25H30N4O5S. The number of hydrogen-bond donors (Lipinski definition) is 0. The van der Waals surface area contributed by atoms with E-state index >= 15 is 0 Å². The number of thiazole rings is 1. The monoisotopic (exact) mass is 498 g/mol. The molecule has 0 aliphatic carbocycles. The van der Waals surface area contributed by atoms with Gasteiger partial charge in [-0.15, -0.1) is 11.3 Å². The lowest BCUT2D eigenvalue weighted by molar-refractivity contribution is -0.0508. The maximum Gasteiger partial charge on any atom is 0.410 e. The summed E-state index contributed by atoms with van der Waals surface area (Å²) in [6.07, 6.45) is 3.46. The molecule has 1 amide bonds. The highest BCUT2D eigenvalue weighted by atomic mass is 32.1. The van der Waals surface area contributed by atoms with Crippen LogP contribution in [0.4, 0.5) is 10.8 Å². The molecule has 2 bridgehead atoms. The van der Waals surface area contributed by atoms with Crippen LogP contribution in [0.1, 0.15) is 33.6 Å². The van der Waals surface area contributed by atoms with Crippen LogP contribution in [0.5, 0.6) is 5.75 Å². The fourth-order valence-electron chi connectivity index (χ4n) is 5.00. The number of nitrogens with zero attached hydrogens (tertiary/aromatic N) is 4. The second kappa shape index (κ2) is 8.67. The molecule has 3 saturated heterocycles. The molecule has 3 aliphatic rings. The van der Waals surface area contributed by atoms with Crippen LogP contribution < -0.4 is 9.64 Å². The normalized spacial score (nSPS) is 22.5. The molecule has 0 radical (unpaired) electrons. The van der Waals surface area contributed by atoms with Crippen molar-refractivity contribution in [2.24, 2.45) is 5.92 Å². The highest BCUT2D eigenvalue weighted by Gasteiger charge is 2.45. The van der Waals surface area contributed by atoms with E-state index in [4.69, 9.17) is 23.6 Å². The average molecular weight is 499 g/mol. The smallest absolute Gasteiger partial charge is 0.410 e. The number of oxazole rings is 1. The summed E-state index contributed by atoms with van der Waals surface area (Å²) < 4.78 is 23.4. The van der Waals surface area contributed by atoms with Gasteiger partial charge >= 0.3 is 6.09 Å². The Labute approximate surface area is 208 Å². The summed E-state index contributed by atoms with van der Waals surface area (Å²) in [4.78, 5) is 26.2. The Balaban J connectivity index is 1.27. The molecule has 6 rings (SSSR count). The molecule has 3 fully saturated rings. The molecule has 186 valence electrons. The Kier molecular flexibility index (Phi) is 5.60. The average Bonchev–Trinajstić information content (AvgIpc) is 3.49. The fraction of sp³-hybridized carbons (Fsp3) is 0.560. The summed E-state index contributed by atoms with van der Waals surface area (Å²) in [6, 6.07) is 4.66. The van der Waals surface area contributed by atoms with Gasteiger partial charge in [-0.25, -0.2) is 9.78 Å². The van der Waals surface area contributed by atoms with Gasteiger partial charge in [-0.05, 0) is 39.7 Å². The predicted molar refractivity (Wildman–Crippen MR) is 132 cm³/mol. The lowest BCUT2D eigenvalue weighted by atomic mass is 10.1. The maximum absolute atomic E-state index is 12.8. The first-order valence-corrected chi connectivity index (χ1v) is 13.0. The van der Waals surface area contributed by atoms with Crippen LogP contribution in [0.2, 0.25) is 0 Å². The number of rotatable bonds is 5. The Morgan fingerprint density at radius 2 is 1.97 bits per heavy atom. The van der Waals surface area contributed by atoms with Crippen molar-refractivity contribution in [3.8, 4) is 16.3 Å². The first-order chi connectivity index (χ1) is 16.8. The van der Waals surface area contributed by atoms with E-state index in [0.29, 0.717) is 37.2 Å². The molecule has 0 saturated carbocycles. The summed E-state index contributed by atoms with van der Waals surface area (Å²) >= 11 is 1.56. The third-order valence-electron chi connectivity index (χ3n) is 6.66. The standard InChI is InChI=1S/C25H30N4O5S/c1-25(2,3)34-24(30)29-16-4-5-17(29)11-28(10-16)23-27-20-9-18(32-14-15-12-31-13-15)8-19(21(20)33-23)22-26-6-7-35-22/h6-9,15-17H,4-5,10-14H2,1-3H3. The van der Waals surface area contributed by atoms with Gasteiger partial charge in [0.1, 0.15) is 21.9 Å². The first kappa shape index (κ1) is 22.6. The largest absolute Gasteiger partial charge is 0.493 e. The van der Waals surface area contributed by atoms with Gasteiger partial charge < -0.3 is 23.5 Å². The van der Waals surface area contributed by atoms with E-state index in [1.54, 1.807) is 17.5 Å². The highest BCUT2D eigenvalue weighted by molar-refractivity contribution is 7.13. The molecule has 3 aromatic rings. The van der Waals surface area contributed by atoms with E-state index in [1.807, 2.05) is 43.2 Å². The highest BCUT2D eigenvalue weighted by Crippen LogP contribution is 2.39. The minimum atomic E-state index is -0.508. The Bertz CT molecular complexity index is 1200. The molecule has 2 aromatic heterocycles. The predicted octanol–water partition coefficient (Wildman–Crippen LogP) is 4.56. The zero-order chi connectivity index (χ0) is 24.2. The van der Waals surface area contributed by atoms with Gasteiger partial charge in [-0.1, -0.05) is 0 Å². The summed E-state index contributed by atoms with van der Waals surface area (Å²) in [7, 11) is 0. The lowest BCUT2D eigenvalue weighted by Crippen LogP contribution is -2.56. The summed E-state index contributed by atoms with van der Waals surface area (Å²) in [5.41, 5.74) is 1.82. The minimum absolute atomic E-state index is 0.0839. The van der Waals surface area contributed by atoms with Crippen molar-refractivity contribution in [3.05, 3.63) is 23.7 Å². The SMILES string of the molecule is CC(C)(C)OC(=O)N1C2CCC1CN(c1nc3cc(OCC4COC4)cc(-c4nccs4)c3o1)C2. The van der Waals surface area contributed by atoms with Crippen molar-refractivity contribution in [2.75, 3.05) is 37.8 Å². The first-order valence-electron chi connectivity index (χ1n) is 12.2. The van der Waals surface area contributed by atoms with Gasteiger partial charge in [0.2, 0.25) is 0 Å². The van der Waals surface area contributed by atoms with Gasteiger partial charge in [0.05, 0.1) is 37.5 Å². The zero-order valence-corrected chi connectivity index (χ0v) is 21.0. The van der Waals surface area contributed by atoms with Crippen LogP contribution in [0.25, 0.3) is 21.7 Å². The number of carbonyl (C=O) groups is 1. The van der Waals surface area contributed by atoms with Crippen molar-refractivity contribution < 1.29 is 23.4 Å². The van der Waals surface area contributed by atoms with Crippen LogP contribution in [-0.2, 0) is 9.47 Å². The van der Waals surface area contributed by atoms with Gasteiger partial charge in [0.25, 0.3) is 6.01 Å². The summed E-state index contributed by atoms with van der Waals surface area (Å²) in [6.45, 7) is 9.14. The maximum atomic E-state index is 12.8. The number of benzene rings is 1. The van der Waals surface area contributed by atoms with Gasteiger partial charge in [0, 0.05) is 36.7 Å². The zero-order valence-electron chi connectivity index (χ0n) is 20.2. The second-order valence-corrected chi connectivity index (χ2v) is 11.4. The molecule has 1 aromatic carbocycles. The Hall–Kier alpha value is -2.85. The number of amides is 1. The van der Waals surface area contributed by atoms with E-state index in [2.05, 4.69) is 9.88 Å².